The van der Waals surface area contributed by atoms with E-state index in [0.29, 0.717) is 0 Å². The quantitative estimate of drug-likeness (QED) is 0.452. The number of fused-ring (bicyclic) bond motifs is 1. The Bertz CT molecular complexity index is 1080. The van der Waals surface area contributed by atoms with Crippen molar-refractivity contribution in [3.05, 3.63) is 82.0 Å². The number of benzene rings is 2. The monoisotopic (exact) mass is 373 g/mol. The number of anilines is 2. The van der Waals surface area contributed by atoms with E-state index in [1.807, 2.05) is 6.07 Å². The Hall–Kier alpha value is -2.72. The molecule has 0 radical (unpaired) electrons. The van der Waals surface area contributed by atoms with Crippen LogP contribution in [0.2, 0.25) is 0 Å². The second-order valence-corrected chi connectivity index (χ2v) is 7.92. The molecule has 0 aliphatic heterocycles. The van der Waals surface area contributed by atoms with Crippen LogP contribution >= 0.6 is 11.3 Å². The smallest absolute Gasteiger partial charge is 0.142 e. The lowest BCUT2D eigenvalue weighted by Gasteiger charge is -2.12. The van der Waals surface area contributed by atoms with Gasteiger partial charge in [0.05, 0.1) is 5.39 Å². The Balaban J connectivity index is 1.79. The van der Waals surface area contributed by atoms with Crippen LogP contribution in [0.25, 0.3) is 10.2 Å². The van der Waals surface area contributed by atoms with Crippen LogP contribution < -0.4 is 5.32 Å². The molecule has 0 bridgehead atoms. The molecule has 2 aromatic heterocycles. The highest BCUT2D eigenvalue weighted by molar-refractivity contribution is 7.18. The van der Waals surface area contributed by atoms with Crippen LogP contribution in [0.15, 0.2) is 54.6 Å². The minimum atomic E-state index is 0.734. The first-order chi connectivity index (χ1) is 13.1. The molecule has 0 fully saturated rings. The van der Waals surface area contributed by atoms with Crippen LogP contribution in [0, 0.1) is 13.8 Å². The molecule has 0 unspecified atom stereocenters. The van der Waals surface area contributed by atoms with E-state index in [4.69, 9.17) is 9.97 Å². The summed E-state index contributed by atoms with van der Waals surface area (Å²) in [5.74, 6) is 1.75. The van der Waals surface area contributed by atoms with Gasteiger partial charge in [-0.2, -0.15) is 0 Å². The van der Waals surface area contributed by atoms with E-state index in [1.165, 1.54) is 21.6 Å². The molecule has 136 valence electrons. The molecule has 3 nitrogen and oxygen atoms in total. The number of rotatable bonds is 5. The van der Waals surface area contributed by atoms with Gasteiger partial charge in [-0.25, -0.2) is 9.97 Å². The van der Waals surface area contributed by atoms with Gasteiger partial charge in [-0.3, -0.25) is 0 Å². The molecule has 0 atom stereocenters. The molecule has 2 aromatic carbocycles. The second kappa shape index (κ2) is 7.49. The summed E-state index contributed by atoms with van der Waals surface area (Å²) in [6, 6.07) is 18.9. The van der Waals surface area contributed by atoms with Crippen LogP contribution in [0.1, 0.15) is 34.3 Å². The van der Waals surface area contributed by atoms with Crippen molar-refractivity contribution in [3.63, 3.8) is 0 Å². The van der Waals surface area contributed by atoms with Crippen molar-refractivity contribution in [1.29, 1.82) is 0 Å². The number of hydrogen-bond donors (Lipinski definition) is 1. The van der Waals surface area contributed by atoms with E-state index in [1.54, 1.807) is 11.3 Å². The molecule has 4 aromatic rings. The van der Waals surface area contributed by atoms with E-state index >= 15 is 0 Å². The largest absolute Gasteiger partial charge is 0.339 e. The highest BCUT2D eigenvalue weighted by Gasteiger charge is 2.13. The summed E-state index contributed by atoms with van der Waals surface area (Å²) in [7, 11) is 0. The fraction of sp³-hybridized carbons (Fsp3) is 0.217. The third-order valence-electron chi connectivity index (χ3n) is 4.90. The molecule has 0 amide bonds. The molecule has 0 aliphatic rings. The molecule has 1 N–H and O–H groups in total. The fourth-order valence-electron chi connectivity index (χ4n) is 3.16. The number of hydrogen-bond acceptors (Lipinski definition) is 4. The third-order valence-corrected chi connectivity index (χ3v) is 6.07. The Morgan fingerprint density at radius 1 is 0.963 bits per heavy atom. The lowest BCUT2D eigenvalue weighted by atomic mass is 10.1. The summed E-state index contributed by atoms with van der Waals surface area (Å²) < 4.78 is 0. The highest BCUT2D eigenvalue weighted by atomic mass is 32.1. The standard InChI is InChI=1S/C23H23N3S/c1-4-18-14-19-22(24-20-12-8-9-15(2)16(20)3)25-21(26-23(19)27-18)13-17-10-6-5-7-11-17/h5-12,14H,4,13H2,1-3H3,(H,24,25,26). The summed E-state index contributed by atoms with van der Waals surface area (Å²) in [6.45, 7) is 6.46. The molecule has 2 heterocycles. The summed E-state index contributed by atoms with van der Waals surface area (Å²) in [5, 5.41) is 4.68. The zero-order valence-corrected chi connectivity index (χ0v) is 16.7. The summed E-state index contributed by atoms with van der Waals surface area (Å²) in [4.78, 5) is 12.1. The SMILES string of the molecule is CCc1cc2c(Nc3cccc(C)c3C)nc(Cc3ccccc3)nc2s1. The maximum atomic E-state index is 4.89. The minimum Gasteiger partial charge on any atom is -0.339 e. The Morgan fingerprint density at radius 3 is 2.56 bits per heavy atom. The Labute approximate surface area is 164 Å². The Kier molecular flexibility index (Phi) is 4.90. The molecule has 0 saturated heterocycles. The van der Waals surface area contributed by atoms with Gasteiger partial charge < -0.3 is 5.32 Å². The summed E-state index contributed by atoms with van der Waals surface area (Å²) in [5.41, 5.74) is 4.85. The normalized spacial score (nSPS) is 11.1. The van der Waals surface area contributed by atoms with Crippen molar-refractivity contribution in [2.24, 2.45) is 0 Å². The minimum absolute atomic E-state index is 0.734. The number of aromatic nitrogens is 2. The zero-order chi connectivity index (χ0) is 18.8. The van der Waals surface area contributed by atoms with Gasteiger partial charge in [-0.1, -0.05) is 49.4 Å². The number of nitrogens with one attached hydrogen (secondary N) is 1. The molecular weight excluding hydrogens is 350 g/mol. The van der Waals surface area contributed by atoms with Crippen molar-refractivity contribution in [2.75, 3.05) is 5.32 Å². The van der Waals surface area contributed by atoms with Gasteiger partial charge in [0, 0.05) is 17.0 Å². The van der Waals surface area contributed by atoms with Crippen LogP contribution in [0.3, 0.4) is 0 Å². The topological polar surface area (TPSA) is 37.8 Å². The third kappa shape index (κ3) is 3.71. The van der Waals surface area contributed by atoms with Gasteiger partial charge in [-0.15, -0.1) is 11.3 Å². The molecule has 0 saturated carbocycles. The summed E-state index contributed by atoms with van der Waals surface area (Å²) >= 11 is 1.76. The van der Waals surface area contributed by atoms with E-state index in [9.17, 15) is 0 Å². The lowest BCUT2D eigenvalue weighted by Crippen LogP contribution is -2.03. The Morgan fingerprint density at radius 2 is 1.78 bits per heavy atom. The number of nitrogens with zero attached hydrogens (tertiary/aromatic N) is 2. The van der Waals surface area contributed by atoms with E-state index < -0.39 is 0 Å². The maximum absolute atomic E-state index is 4.89. The van der Waals surface area contributed by atoms with E-state index in [-0.39, 0.29) is 0 Å². The van der Waals surface area contributed by atoms with Gasteiger partial charge in [0.2, 0.25) is 0 Å². The molecule has 27 heavy (non-hydrogen) atoms. The number of thiophene rings is 1. The van der Waals surface area contributed by atoms with Gasteiger partial charge in [0.15, 0.2) is 0 Å². The van der Waals surface area contributed by atoms with Crippen LogP contribution in [-0.2, 0) is 12.8 Å². The van der Waals surface area contributed by atoms with Gasteiger partial charge >= 0.3 is 0 Å². The molecule has 4 rings (SSSR count). The maximum Gasteiger partial charge on any atom is 0.142 e. The highest BCUT2D eigenvalue weighted by Crippen LogP contribution is 2.32. The predicted octanol–water partition coefficient (Wildman–Crippen LogP) is 6.20. The molecular formula is C23H23N3S. The average Bonchev–Trinajstić information content (AvgIpc) is 3.10. The zero-order valence-electron chi connectivity index (χ0n) is 15.9. The van der Waals surface area contributed by atoms with Crippen molar-refractivity contribution in [1.82, 2.24) is 9.97 Å². The first kappa shape index (κ1) is 17.7. The first-order valence-corrected chi connectivity index (χ1v) is 10.1. The molecule has 4 heteroatoms. The summed E-state index contributed by atoms with van der Waals surface area (Å²) in [6.07, 6.45) is 1.75. The van der Waals surface area contributed by atoms with E-state index in [0.717, 1.165) is 40.4 Å². The van der Waals surface area contributed by atoms with Crippen molar-refractivity contribution in [3.8, 4) is 0 Å². The fourth-order valence-corrected chi connectivity index (χ4v) is 4.14. The van der Waals surface area contributed by atoms with Crippen molar-refractivity contribution >= 4 is 33.1 Å². The van der Waals surface area contributed by atoms with Crippen molar-refractivity contribution < 1.29 is 0 Å². The van der Waals surface area contributed by atoms with Gasteiger partial charge in [0.1, 0.15) is 16.5 Å². The second-order valence-electron chi connectivity index (χ2n) is 6.81. The van der Waals surface area contributed by atoms with Gasteiger partial charge in [-0.05, 0) is 49.1 Å². The van der Waals surface area contributed by atoms with Crippen molar-refractivity contribution in [2.45, 2.75) is 33.6 Å². The van der Waals surface area contributed by atoms with Crippen LogP contribution in [0.5, 0.6) is 0 Å². The molecule has 0 spiro atoms. The van der Waals surface area contributed by atoms with Gasteiger partial charge in [0.25, 0.3) is 0 Å². The average molecular weight is 374 g/mol. The first-order valence-electron chi connectivity index (χ1n) is 9.30. The predicted molar refractivity (Wildman–Crippen MR) is 115 cm³/mol. The lowest BCUT2D eigenvalue weighted by molar-refractivity contribution is 0.999. The number of aryl methyl sites for hydroxylation is 2. The van der Waals surface area contributed by atoms with Crippen LogP contribution in [0.4, 0.5) is 11.5 Å². The molecule has 0 aliphatic carbocycles. The van der Waals surface area contributed by atoms with E-state index in [2.05, 4.69) is 74.6 Å². The van der Waals surface area contributed by atoms with Crippen LogP contribution in [-0.4, -0.2) is 9.97 Å².